The van der Waals surface area contributed by atoms with E-state index in [1.54, 1.807) is 6.92 Å². The second-order valence-corrected chi connectivity index (χ2v) is 2.90. The second kappa shape index (κ2) is 4.07. The topological polar surface area (TPSA) is 87.3 Å². The van der Waals surface area contributed by atoms with Crippen LogP contribution in [0.4, 0.5) is 5.82 Å². The first kappa shape index (κ1) is 11.2. The fourth-order valence-electron chi connectivity index (χ4n) is 1.26. The summed E-state index contributed by atoms with van der Waals surface area (Å²) >= 11 is 0. The van der Waals surface area contributed by atoms with Crippen molar-refractivity contribution in [3.63, 3.8) is 0 Å². The Labute approximate surface area is 85.8 Å². The van der Waals surface area contributed by atoms with Gasteiger partial charge in [-0.2, -0.15) is 9.55 Å². The lowest BCUT2D eigenvalue weighted by molar-refractivity contribution is -0.392. The number of hydrogen-bond acceptors (Lipinski definition) is 5. The van der Waals surface area contributed by atoms with Crippen molar-refractivity contribution in [2.75, 3.05) is 0 Å². The Morgan fingerprint density at radius 1 is 1.67 bits per heavy atom. The van der Waals surface area contributed by atoms with Gasteiger partial charge >= 0.3 is 17.8 Å². The number of carbonyl (C=O) groups is 1. The number of aromatic nitrogens is 2. The third-order valence-electron chi connectivity index (χ3n) is 1.80. The van der Waals surface area contributed by atoms with Crippen LogP contribution >= 0.6 is 0 Å². The minimum Gasteiger partial charge on any atom is -0.374 e. The number of nitrogens with zero attached hydrogens (tertiary/aromatic N) is 3. The van der Waals surface area contributed by atoms with Crippen LogP contribution in [0.2, 0.25) is 0 Å². The molecule has 0 aliphatic rings. The normalized spacial score (nSPS) is 10.1. The van der Waals surface area contributed by atoms with E-state index in [0.29, 0.717) is 6.54 Å². The van der Waals surface area contributed by atoms with Crippen LogP contribution in [0.3, 0.4) is 0 Å². The van der Waals surface area contributed by atoms with Gasteiger partial charge in [-0.05, 0) is 18.8 Å². The Kier molecular flexibility index (Phi) is 3.03. The zero-order chi connectivity index (χ0) is 11.6. The number of carbonyl (C=O) groups excluding carboxylic acids is 1. The molecule has 0 N–H and O–H groups in total. The molecule has 0 aromatic carbocycles. The van der Waals surface area contributed by atoms with E-state index in [2.05, 4.69) is 4.98 Å². The molecule has 0 spiro atoms. The minimum absolute atomic E-state index is 0.0331. The first-order valence-electron chi connectivity index (χ1n) is 4.37. The molecule has 1 aromatic heterocycles. The molecule has 0 saturated carbocycles. The summed E-state index contributed by atoms with van der Waals surface area (Å²) in [5.74, 6) is -0.696. The summed E-state index contributed by atoms with van der Waals surface area (Å²) in [6, 6.07) is -0.0331. The van der Waals surface area contributed by atoms with Gasteiger partial charge < -0.3 is 14.9 Å². The standard InChI is InChI=1S/C8H11N3O4/c1-4-10-7(11(13)14)5(2)9-8(10)15-6(3)12/h4H2,1-3H3. The Morgan fingerprint density at radius 2 is 2.27 bits per heavy atom. The molecule has 0 aliphatic heterocycles. The molecule has 7 heteroatoms. The van der Waals surface area contributed by atoms with Gasteiger partial charge in [0.15, 0.2) is 0 Å². The van der Waals surface area contributed by atoms with Crippen LogP contribution in [0, 0.1) is 17.0 Å². The van der Waals surface area contributed by atoms with Crippen LogP contribution < -0.4 is 4.74 Å². The molecule has 0 saturated heterocycles. The van der Waals surface area contributed by atoms with Crippen molar-refractivity contribution in [1.82, 2.24) is 9.55 Å². The van der Waals surface area contributed by atoms with Crippen LogP contribution in [0.15, 0.2) is 0 Å². The van der Waals surface area contributed by atoms with E-state index in [1.165, 1.54) is 18.4 Å². The maximum Gasteiger partial charge on any atom is 0.399 e. The summed E-state index contributed by atoms with van der Waals surface area (Å²) < 4.78 is 6.00. The van der Waals surface area contributed by atoms with Crippen LogP contribution in [-0.4, -0.2) is 20.4 Å². The van der Waals surface area contributed by atoms with Gasteiger partial charge in [-0.25, -0.2) is 0 Å². The highest BCUT2D eigenvalue weighted by molar-refractivity contribution is 5.68. The average Bonchev–Trinajstić information content (AvgIpc) is 2.40. The van der Waals surface area contributed by atoms with Crippen LogP contribution in [0.1, 0.15) is 19.5 Å². The van der Waals surface area contributed by atoms with Crippen molar-refractivity contribution in [2.24, 2.45) is 0 Å². The number of ether oxygens (including phenoxy) is 1. The van der Waals surface area contributed by atoms with Gasteiger partial charge in [-0.3, -0.25) is 4.79 Å². The fourth-order valence-corrected chi connectivity index (χ4v) is 1.26. The molecular weight excluding hydrogens is 202 g/mol. The van der Waals surface area contributed by atoms with Crippen LogP contribution in [0.5, 0.6) is 6.01 Å². The van der Waals surface area contributed by atoms with Crippen LogP contribution in [0.25, 0.3) is 0 Å². The first-order valence-corrected chi connectivity index (χ1v) is 4.37. The molecule has 0 radical (unpaired) electrons. The second-order valence-electron chi connectivity index (χ2n) is 2.90. The van der Waals surface area contributed by atoms with E-state index in [9.17, 15) is 14.9 Å². The molecule has 0 fully saturated rings. The van der Waals surface area contributed by atoms with E-state index >= 15 is 0 Å². The molecular formula is C8H11N3O4. The third kappa shape index (κ3) is 2.12. The summed E-state index contributed by atoms with van der Waals surface area (Å²) in [6.07, 6.45) is 0. The van der Waals surface area contributed by atoms with E-state index in [4.69, 9.17) is 4.74 Å². The van der Waals surface area contributed by atoms with Crippen LogP contribution in [-0.2, 0) is 11.3 Å². The van der Waals surface area contributed by atoms with Gasteiger partial charge in [0.2, 0.25) is 0 Å². The SMILES string of the molecule is CCn1c(OC(C)=O)nc(C)c1[N+](=O)[O-]. The molecule has 0 bridgehead atoms. The summed E-state index contributed by atoms with van der Waals surface area (Å²) in [7, 11) is 0. The van der Waals surface area contributed by atoms with Crippen molar-refractivity contribution in [1.29, 1.82) is 0 Å². The largest absolute Gasteiger partial charge is 0.399 e. The predicted molar refractivity (Wildman–Crippen MR) is 50.6 cm³/mol. The molecule has 0 amide bonds. The monoisotopic (exact) mass is 213 g/mol. The summed E-state index contributed by atoms with van der Waals surface area (Å²) in [5.41, 5.74) is 0.234. The van der Waals surface area contributed by atoms with E-state index in [0.717, 1.165) is 0 Å². The molecule has 1 heterocycles. The molecule has 82 valence electrons. The lowest BCUT2D eigenvalue weighted by Crippen LogP contribution is -2.09. The molecule has 15 heavy (non-hydrogen) atoms. The Balaban J connectivity index is 3.24. The fraction of sp³-hybridized carbons (Fsp3) is 0.500. The molecule has 0 atom stereocenters. The van der Waals surface area contributed by atoms with E-state index in [-0.39, 0.29) is 17.5 Å². The average molecular weight is 213 g/mol. The Morgan fingerprint density at radius 3 is 2.67 bits per heavy atom. The molecule has 1 rings (SSSR count). The third-order valence-corrected chi connectivity index (χ3v) is 1.80. The minimum atomic E-state index is -0.551. The highest BCUT2D eigenvalue weighted by Crippen LogP contribution is 2.24. The zero-order valence-corrected chi connectivity index (χ0v) is 8.68. The molecule has 1 aromatic rings. The van der Waals surface area contributed by atoms with E-state index in [1.807, 2.05) is 0 Å². The highest BCUT2D eigenvalue weighted by Gasteiger charge is 2.25. The number of rotatable bonds is 3. The maximum absolute atomic E-state index is 10.7. The maximum atomic E-state index is 10.7. The number of nitro groups is 1. The highest BCUT2D eigenvalue weighted by atomic mass is 16.6. The van der Waals surface area contributed by atoms with Gasteiger partial charge in [0.05, 0.1) is 6.54 Å². The summed E-state index contributed by atoms with van der Waals surface area (Å²) in [6.45, 7) is 4.74. The van der Waals surface area contributed by atoms with Gasteiger partial charge in [-0.15, -0.1) is 0 Å². The number of hydrogen-bond donors (Lipinski definition) is 0. The molecule has 7 nitrogen and oxygen atoms in total. The van der Waals surface area contributed by atoms with Gasteiger partial charge in [-0.1, -0.05) is 0 Å². The molecule has 0 unspecified atom stereocenters. The summed E-state index contributed by atoms with van der Waals surface area (Å²) in [4.78, 5) is 24.7. The van der Waals surface area contributed by atoms with Crippen molar-refractivity contribution in [3.8, 4) is 6.01 Å². The van der Waals surface area contributed by atoms with Crippen molar-refractivity contribution in [3.05, 3.63) is 15.8 Å². The smallest absolute Gasteiger partial charge is 0.374 e. The van der Waals surface area contributed by atoms with Crippen molar-refractivity contribution in [2.45, 2.75) is 27.3 Å². The van der Waals surface area contributed by atoms with Crippen molar-refractivity contribution >= 4 is 11.8 Å². The van der Waals surface area contributed by atoms with Crippen molar-refractivity contribution < 1.29 is 14.5 Å². The number of imidazole rings is 1. The lowest BCUT2D eigenvalue weighted by Gasteiger charge is -2.00. The number of esters is 1. The quantitative estimate of drug-likeness (QED) is 0.425. The Bertz CT molecular complexity index is 410. The van der Waals surface area contributed by atoms with Gasteiger partial charge in [0, 0.05) is 6.92 Å². The molecule has 0 aliphatic carbocycles. The number of aryl methyl sites for hydroxylation is 1. The summed E-state index contributed by atoms with van der Waals surface area (Å²) in [5, 5.41) is 10.7. The van der Waals surface area contributed by atoms with Gasteiger partial charge in [0.1, 0.15) is 5.69 Å². The van der Waals surface area contributed by atoms with E-state index < -0.39 is 10.9 Å². The Hall–Kier alpha value is -1.92. The lowest BCUT2D eigenvalue weighted by atomic mass is 10.5. The predicted octanol–water partition coefficient (Wildman–Crippen LogP) is 1.04. The van der Waals surface area contributed by atoms with Gasteiger partial charge in [0.25, 0.3) is 0 Å². The zero-order valence-electron chi connectivity index (χ0n) is 8.68. The first-order chi connectivity index (χ1) is 6.97.